The molecule has 0 aromatic rings. The molecule has 0 fully saturated rings. The Hall–Kier alpha value is -0.920. The molecule has 0 saturated carbocycles. The third-order valence-corrected chi connectivity index (χ3v) is 0.495. The van der Waals surface area contributed by atoms with Gasteiger partial charge in [0, 0.05) is 6.42 Å². The van der Waals surface area contributed by atoms with E-state index in [2.05, 4.69) is 23.7 Å². The van der Waals surface area contributed by atoms with Gasteiger partial charge in [-0.25, -0.2) is 0 Å². The second-order valence-corrected chi connectivity index (χ2v) is 1.12. The van der Waals surface area contributed by atoms with Crippen LogP contribution in [0.25, 0.3) is 0 Å². The molecular formula is C7H8O. The normalized spacial score (nSPS) is 5.75. The summed E-state index contributed by atoms with van der Waals surface area (Å²) in [5.74, 6) is 10.2. The standard InChI is InChI=1S/C7H8O/c1-2-3-4-5-6-7-8/h8H,2,7H2,1H3. The number of hydrogen-bond acceptors (Lipinski definition) is 1. The lowest BCUT2D eigenvalue weighted by Crippen LogP contribution is -1.68. The molecule has 0 aliphatic carbocycles. The molecule has 0 atom stereocenters. The largest absolute Gasteiger partial charge is 0.384 e. The fourth-order valence-corrected chi connectivity index (χ4v) is 0.216. The highest BCUT2D eigenvalue weighted by atomic mass is 16.2. The zero-order chi connectivity index (χ0) is 6.24. The average molecular weight is 108 g/mol. The molecule has 0 aliphatic rings. The van der Waals surface area contributed by atoms with Gasteiger partial charge in [-0.15, -0.1) is 0 Å². The fraction of sp³-hybridized carbons (Fsp3) is 0.429. The van der Waals surface area contributed by atoms with E-state index in [1.807, 2.05) is 6.92 Å². The van der Waals surface area contributed by atoms with E-state index in [9.17, 15) is 0 Å². The molecule has 0 aromatic heterocycles. The molecule has 1 nitrogen and oxygen atoms in total. The van der Waals surface area contributed by atoms with Crippen molar-refractivity contribution in [3.8, 4) is 23.7 Å². The van der Waals surface area contributed by atoms with Crippen molar-refractivity contribution in [3.05, 3.63) is 0 Å². The van der Waals surface area contributed by atoms with E-state index in [1.165, 1.54) is 0 Å². The van der Waals surface area contributed by atoms with Gasteiger partial charge in [0.25, 0.3) is 0 Å². The first-order valence-electron chi connectivity index (χ1n) is 2.48. The number of hydrogen-bond donors (Lipinski definition) is 1. The van der Waals surface area contributed by atoms with Crippen LogP contribution in [0.4, 0.5) is 0 Å². The summed E-state index contributed by atoms with van der Waals surface area (Å²) in [7, 11) is 0. The van der Waals surface area contributed by atoms with Crippen LogP contribution in [0.15, 0.2) is 0 Å². The van der Waals surface area contributed by atoms with Gasteiger partial charge < -0.3 is 5.11 Å². The molecule has 0 radical (unpaired) electrons. The smallest absolute Gasteiger partial charge is 0.105 e. The summed E-state index contributed by atoms with van der Waals surface area (Å²) < 4.78 is 0. The van der Waals surface area contributed by atoms with Crippen LogP contribution in [0.3, 0.4) is 0 Å². The minimum Gasteiger partial charge on any atom is -0.384 e. The van der Waals surface area contributed by atoms with Crippen molar-refractivity contribution >= 4 is 0 Å². The van der Waals surface area contributed by atoms with Crippen LogP contribution in [-0.2, 0) is 0 Å². The van der Waals surface area contributed by atoms with E-state index in [1.54, 1.807) is 0 Å². The Morgan fingerprint density at radius 2 is 1.88 bits per heavy atom. The Morgan fingerprint density at radius 1 is 1.25 bits per heavy atom. The van der Waals surface area contributed by atoms with Gasteiger partial charge in [-0.05, 0) is 11.8 Å². The second-order valence-electron chi connectivity index (χ2n) is 1.12. The van der Waals surface area contributed by atoms with Crippen LogP contribution in [0.2, 0.25) is 0 Å². The number of aliphatic hydroxyl groups excluding tert-OH is 1. The van der Waals surface area contributed by atoms with Gasteiger partial charge in [0.05, 0.1) is 0 Å². The maximum Gasteiger partial charge on any atom is 0.105 e. The lowest BCUT2D eigenvalue weighted by molar-refractivity contribution is 0.350. The van der Waals surface area contributed by atoms with Crippen LogP contribution in [0, 0.1) is 23.7 Å². The predicted octanol–water partition coefficient (Wildman–Crippen LogP) is 0.395. The van der Waals surface area contributed by atoms with Crippen molar-refractivity contribution < 1.29 is 5.11 Å². The highest BCUT2D eigenvalue weighted by Crippen LogP contribution is 1.63. The van der Waals surface area contributed by atoms with E-state index < -0.39 is 0 Å². The highest BCUT2D eigenvalue weighted by molar-refractivity contribution is 5.25. The first kappa shape index (κ1) is 7.08. The maximum absolute atomic E-state index is 8.12. The SMILES string of the molecule is CCC#CC#CCO. The van der Waals surface area contributed by atoms with Crippen molar-refractivity contribution in [2.75, 3.05) is 6.61 Å². The minimum atomic E-state index is -0.0988. The highest BCUT2D eigenvalue weighted by Gasteiger charge is 1.57. The lowest BCUT2D eigenvalue weighted by Gasteiger charge is -1.64. The summed E-state index contributed by atoms with van der Waals surface area (Å²) in [6.45, 7) is 1.85. The van der Waals surface area contributed by atoms with Crippen molar-refractivity contribution in [2.45, 2.75) is 13.3 Å². The van der Waals surface area contributed by atoms with Crippen molar-refractivity contribution in [1.29, 1.82) is 0 Å². The third-order valence-electron chi connectivity index (χ3n) is 0.495. The van der Waals surface area contributed by atoms with Gasteiger partial charge in [-0.2, -0.15) is 0 Å². The molecule has 0 aliphatic heterocycles. The van der Waals surface area contributed by atoms with Crippen molar-refractivity contribution in [3.63, 3.8) is 0 Å². The first-order valence-corrected chi connectivity index (χ1v) is 2.48. The average Bonchev–Trinajstić information content (AvgIpc) is 1.81. The van der Waals surface area contributed by atoms with Gasteiger partial charge in [0.2, 0.25) is 0 Å². The molecule has 42 valence electrons. The lowest BCUT2D eigenvalue weighted by atomic mass is 10.5. The molecule has 8 heavy (non-hydrogen) atoms. The molecule has 0 bridgehead atoms. The second kappa shape index (κ2) is 6.08. The van der Waals surface area contributed by atoms with Crippen LogP contribution >= 0.6 is 0 Å². The molecule has 0 rings (SSSR count). The topological polar surface area (TPSA) is 20.2 Å². The predicted molar refractivity (Wildman–Crippen MR) is 32.9 cm³/mol. The Labute approximate surface area is 49.7 Å². The first-order chi connectivity index (χ1) is 3.91. The molecule has 0 heterocycles. The van der Waals surface area contributed by atoms with Gasteiger partial charge in [-0.1, -0.05) is 18.8 Å². The van der Waals surface area contributed by atoms with E-state index in [4.69, 9.17) is 5.11 Å². The molecule has 0 aromatic carbocycles. The molecule has 1 N–H and O–H groups in total. The third kappa shape index (κ3) is 5.08. The molecule has 0 spiro atoms. The molecule has 0 unspecified atom stereocenters. The Morgan fingerprint density at radius 3 is 2.38 bits per heavy atom. The number of aliphatic hydroxyl groups is 1. The Balaban J connectivity index is 3.40. The maximum atomic E-state index is 8.12. The monoisotopic (exact) mass is 108 g/mol. The Bertz CT molecular complexity index is 129. The van der Waals surface area contributed by atoms with Gasteiger partial charge >= 0.3 is 0 Å². The fourth-order valence-electron chi connectivity index (χ4n) is 0.216. The molecular weight excluding hydrogens is 100 g/mol. The zero-order valence-electron chi connectivity index (χ0n) is 4.86. The van der Waals surface area contributed by atoms with E-state index >= 15 is 0 Å². The molecule has 0 saturated heterocycles. The summed E-state index contributed by atoms with van der Waals surface area (Å²) in [4.78, 5) is 0. The van der Waals surface area contributed by atoms with Gasteiger partial charge in [0.1, 0.15) is 6.61 Å². The minimum absolute atomic E-state index is 0.0988. The molecule has 1 heteroatoms. The van der Waals surface area contributed by atoms with Crippen LogP contribution < -0.4 is 0 Å². The van der Waals surface area contributed by atoms with E-state index in [0.717, 1.165) is 6.42 Å². The van der Waals surface area contributed by atoms with Crippen LogP contribution in [0.1, 0.15) is 13.3 Å². The summed E-state index contributed by atoms with van der Waals surface area (Å²) >= 11 is 0. The molecule has 0 amide bonds. The van der Waals surface area contributed by atoms with Gasteiger partial charge in [0.15, 0.2) is 0 Å². The van der Waals surface area contributed by atoms with E-state index in [-0.39, 0.29) is 6.61 Å². The summed E-state index contributed by atoms with van der Waals surface area (Å²) in [6, 6.07) is 0. The summed E-state index contributed by atoms with van der Waals surface area (Å²) in [5, 5.41) is 8.12. The van der Waals surface area contributed by atoms with E-state index in [0.29, 0.717) is 0 Å². The van der Waals surface area contributed by atoms with Gasteiger partial charge in [-0.3, -0.25) is 0 Å². The Kier molecular flexibility index (Phi) is 5.38. The van der Waals surface area contributed by atoms with Crippen LogP contribution in [-0.4, -0.2) is 11.7 Å². The zero-order valence-corrected chi connectivity index (χ0v) is 4.86. The van der Waals surface area contributed by atoms with Crippen LogP contribution in [0.5, 0.6) is 0 Å². The summed E-state index contributed by atoms with van der Waals surface area (Å²) in [6.07, 6.45) is 0.820. The number of rotatable bonds is 0. The van der Waals surface area contributed by atoms with Crippen molar-refractivity contribution in [2.24, 2.45) is 0 Å². The quantitative estimate of drug-likeness (QED) is 0.445. The summed E-state index contributed by atoms with van der Waals surface area (Å²) in [5.41, 5.74) is 0. The van der Waals surface area contributed by atoms with Crippen molar-refractivity contribution in [1.82, 2.24) is 0 Å².